The Morgan fingerprint density at radius 1 is 1.45 bits per heavy atom. The van der Waals surface area contributed by atoms with Crippen LogP contribution in [0.4, 0.5) is 5.69 Å². The maximum Gasteiger partial charge on any atom is 0.238 e. The molecule has 1 saturated heterocycles. The van der Waals surface area contributed by atoms with E-state index in [1.807, 2.05) is 15.8 Å². The molecule has 0 aromatic carbocycles. The molecule has 1 aliphatic heterocycles. The minimum Gasteiger partial charge on any atom is -0.343 e. The average molecular weight is 305 g/mol. The second-order valence-electron chi connectivity index (χ2n) is 6.36. The standard InChI is InChI=1S/C15H23N5O2/c1-11(12-3-4-12)20-8-13(7-16-20)17-14(21)9-19-6-5-18(2)15(22)10-19/h7-8,11-12H,3-6,9-10H2,1-2H3,(H,17,21). The molecule has 0 bridgehead atoms. The highest BCUT2D eigenvalue weighted by molar-refractivity contribution is 5.92. The molecule has 1 aromatic heterocycles. The number of piperazine rings is 1. The molecule has 1 aliphatic carbocycles. The lowest BCUT2D eigenvalue weighted by atomic mass is 10.2. The van der Waals surface area contributed by atoms with Crippen molar-refractivity contribution >= 4 is 17.5 Å². The van der Waals surface area contributed by atoms with E-state index in [1.54, 1.807) is 18.1 Å². The van der Waals surface area contributed by atoms with Gasteiger partial charge < -0.3 is 10.2 Å². The number of hydrogen-bond donors (Lipinski definition) is 1. The van der Waals surface area contributed by atoms with Crippen LogP contribution in [-0.4, -0.2) is 64.6 Å². The first-order chi connectivity index (χ1) is 10.5. The van der Waals surface area contributed by atoms with Crippen LogP contribution in [0.25, 0.3) is 0 Å². The number of anilines is 1. The Balaban J connectivity index is 1.50. The van der Waals surface area contributed by atoms with Crippen LogP contribution >= 0.6 is 0 Å². The molecular weight excluding hydrogens is 282 g/mol. The molecule has 1 atom stereocenters. The second-order valence-corrected chi connectivity index (χ2v) is 6.36. The zero-order chi connectivity index (χ0) is 15.7. The van der Waals surface area contributed by atoms with Crippen molar-refractivity contribution in [1.29, 1.82) is 0 Å². The number of amides is 2. The first-order valence-corrected chi connectivity index (χ1v) is 7.83. The number of hydrogen-bond acceptors (Lipinski definition) is 4. The van der Waals surface area contributed by atoms with Gasteiger partial charge in [0.15, 0.2) is 0 Å². The molecule has 0 spiro atoms. The third kappa shape index (κ3) is 3.47. The summed E-state index contributed by atoms with van der Waals surface area (Å²) in [6, 6.07) is 0.390. The number of rotatable bonds is 5. The summed E-state index contributed by atoms with van der Waals surface area (Å²) in [5.41, 5.74) is 0.720. The molecule has 1 N–H and O–H groups in total. The van der Waals surface area contributed by atoms with Crippen LogP contribution in [0.15, 0.2) is 12.4 Å². The maximum absolute atomic E-state index is 12.1. The molecule has 22 heavy (non-hydrogen) atoms. The molecule has 1 unspecified atom stereocenters. The normalized spacial score (nSPS) is 21.0. The number of carbonyl (C=O) groups is 2. The smallest absolute Gasteiger partial charge is 0.238 e. The summed E-state index contributed by atoms with van der Waals surface area (Å²) in [4.78, 5) is 27.3. The first kappa shape index (κ1) is 15.0. The highest BCUT2D eigenvalue weighted by Crippen LogP contribution is 2.39. The summed E-state index contributed by atoms with van der Waals surface area (Å²) < 4.78 is 1.92. The molecule has 2 heterocycles. The molecule has 2 amide bonds. The Morgan fingerprint density at radius 2 is 2.23 bits per heavy atom. The summed E-state index contributed by atoms with van der Waals surface area (Å²) >= 11 is 0. The van der Waals surface area contributed by atoms with Gasteiger partial charge in [0.25, 0.3) is 0 Å². The lowest BCUT2D eigenvalue weighted by Crippen LogP contribution is -2.50. The Labute approximate surface area is 130 Å². The van der Waals surface area contributed by atoms with E-state index in [2.05, 4.69) is 17.3 Å². The largest absolute Gasteiger partial charge is 0.343 e. The van der Waals surface area contributed by atoms with Crippen molar-refractivity contribution in [2.45, 2.75) is 25.8 Å². The van der Waals surface area contributed by atoms with E-state index in [4.69, 9.17) is 0 Å². The quantitative estimate of drug-likeness (QED) is 0.863. The van der Waals surface area contributed by atoms with Gasteiger partial charge in [-0.05, 0) is 25.7 Å². The monoisotopic (exact) mass is 305 g/mol. The predicted octanol–water partition coefficient (Wildman–Crippen LogP) is 0.567. The van der Waals surface area contributed by atoms with Gasteiger partial charge in [-0.2, -0.15) is 5.10 Å². The Hall–Kier alpha value is -1.89. The lowest BCUT2D eigenvalue weighted by molar-refractivity contribution is -0.135. The van der Waals surface area contributed by atoms with Crippen LogP contribution in [0.2, 0.25) is 0 Å². The van der Waals surface area contributed by atoms with Crippen LogP contribution in [0.5, 0.6) is 0 Å². The van der Waals surface area contributed by atoms with Crippen LogP contribution in [0, 0.1) is 5.92 Å². The SMILES string of the molecule is CC(C1CC1)n1cc(NC(=O)CN2CCN(C)C(=O)C2)cn1. The molecule has 3 rings (SSSR count). The van der Waals surface area contributed by atoms with E-state index >= 15 is 0 Å². The Bertz CT molecular complexity index is 566. The van der Waals surface area contributed by atoms with Gasteiger partial charge >= 0.3 is 0 Å². The molecular formula is C15H23N5O2. The van der Waals surface area contributed by atoms with Gasteiger partial charge in [-0.1, -0.05) is 0 Å². The van der Waals surface area contributed by atoms with Gasteiger partial charge in [0, 0.05) is 26.3 Å². The Morgan fingerprint density at radius 3 is 2.91 bits per heavy atom. The van der Waals surface area contributed by atoms with Crippen molar-refractivity contribution in [2.24, 2.45) is 5.92 Å². The molecule has 120 valence electrons. The van der Waals surface area contributed by atoms with Crippen molar-refractivity contribution in [3.8, 4) is 0 Å². The average Bonchev–Trinajstić information content (AvgIpc) is 3.22. The highest BCUT2D eigenvalue weighted by atomic mass is 16.2. The number of likely N-dealkylation sites (N-methyl/N-ethyl adjacent to an activating group) is 1. The van der Waals surface area contributed by atoms with E-state index < -0.39 is 0 Å². The lowest BCUT2D eigenvalue weighted by Gasteiger charge is -2.31. The van der Waals surface area contributed by atoms with Crippen molar-refractivity contribution in [3.63, 3.8) is 0 Å². The molecule has 1 aromatic rings. The van der Waals surface area contributed by atoms with Crippen molar-refractivity contribution in [3.05, 3.63) is 12.4 Å². The molecule has 2 aliphatic rings. The van der Waals surface area contributed by atoms with Gasteiger partial charge in [0.05, 0.1) is 31.0 Å². The van der Waals surface area contributed by atoms with Crippen molar-refractivity contribution < 1.29 is 9.59 Å². The molecule has 1 saturated carbocycles. The predicted molar refractivity (Wildman–Crippen MR) is 82.4 cm³/mol. The number of carbonyl (C=O) groups excluding carboxylic acids is 2. The molecule has 0 radical (unpaired) electrons. The zero-order valence-corrected chi connectivity index (χ0v) is 13.2. The molecule has 7 nitrogen and oxygen atoms in total. The summed E-state index contributed by atoms with van der Waals surface area (Å²) in [5, 5.41) is 7.19. The third-order valence-electron chi connectivity index (χ3n) is 4.51. The van der Waals surface area contributed by atoms with Gasteiger partial charge in [0.2, 0.25) is 11.8 Å². The van der Waals surface area contributed by atoms with Gasteiger partial charge in [-0.25, -0.2) is 0 Å². The topological polar surface area (TPSA) is 70.5 Å². The zero-order valence-electron chi connectivity index (χ0n) is 13.2. The molecule has 2 fully saturated rings. The van der Waals surface area contributed by atoms with Gasteiger partial charge in [0.1, 0.15) is 0 Å². The van der Waals surface area contributed by atoms with E-state index in [0.29, 0.717) is 19.1 Å². The number of nitrogens with one attached hydrogen (secondary N) is 1. The van der Waals surface area contributed by atoms with E-state index in [0.717, 1.165) is 18.2 Å². The fourth-order valence-electron chi connectivity index (χ4n) is 2.77. The summed E-state index contributed by atoms with van der Waals surface area (Å²) in [7, 11) is 1.79. The molecule has 7 heteroatoms. The summed E-state index contributed by atoms with van der Waals surface area (Å²) in [5.74, 6) is 0.681. The highest BCUT2D eigenvalue weighted by Gasteiger charge is 2.29. The fourth-order valence-corrected chi connectivity index (χ4v) is 2.77. The second kappa shape index (κ2) is 6.08. The third-order valence-corrected chi connectivity index (χ3v) is 4.51. The van der Waals surface area contributed by atoms with Crippen LogP contribution < -0.4 is 5.32 Å². The van der Waals surface area contributed by atoms with Gasteiger partial charge in [-0.3, -0.25) is 19.2 Å². The van der Waals surface area contributed by atoms with Crippen molar-refractivity contribution in [1.82, 2.24) is 19.6 Å². The summed E-state index contributed by atoms with van der Waals surface area (Å²) in [6.45, 7) is 4.10. The minimum atomic E-state index is -0.101. The van der Waals surface area contributed by atoms with E-state index in [9.17, 15) is 9.59 Å². The van der Waals surface area contributed by atoms with Crippen molar-refractivity contribution in [2.75, 3.05) is 38.5 Å². The number of nitrogens with zero attached hydrogens (tertiary/aromatic N) is 4. The van der Waals surface area contributed by atoms with Crippen LogP contribution in [0.1, 0.15) is 25.8 Å². The fraction of sp³-hybridized carbons (Fsp3) is 0.667. The summed E-state index contributed by atoms with van der Waals surface area (Å²) in [6.07, 6.45) is 6.10. The van der Waals surface area contributed by atoms with Crippen LogP contribution in [-0.2, 0) is 9.59 Å². The number of aromatic nitrogens is 2. The van der Waals surface area contributed by atoms with E-state index in [1.165, 1.54) is 12.8 Å². The maximum atomic E-state index is 12.1. The van der Waals surface area contributed by atoms with E-state index in [-0.39, 0.29) is 18.4 Å². The van der Waals surface area contributed by atoms with Crippen LogP contribution in [0.3, 0.4) is 0 Å². The minimum absolute atomic E-state index is 0.0603. The first-order valence-electron chi connectivity index (χ1n) is 7.83. The van der Waals surface area contributed by atoms with Gasteiger partial charge in [-0.15, -0.1) is 0 Å². The Kier molecular flexibility index (Phi) is 4.15.